The Hall–Kier alpha value is -3.40. The van der Waals surface area contributed by atoms with Gasteiger partial charge in [-0.25, -0.2) is 9.97 Å². The average Bonchev–Trinajstić information content (AvgIpc) is 3.31. The zero-order valence-corrected chi connectivity index (χ0v) is 16.6. The zero-order valence-electron chi connectivity index (χ0n) is 16.6. The highest BCUT2D eigenvalue weighted by atomic mass is 14.9. The fraction of sp³-hybridized carbons (Fsp3) is 0.200. The second kappa shape index (κ2) is 7.55. The molecule has 5 rings (SSSR count). The van der Waals surface area contributed by atoms with Gasteiger partial charge in [-0.2, -0.15) is 0 Å². The number of hydrogen-bond acceptors (Lipinski definition) is 2. The number of para-hydroxylation sites is 1. The van der Waals surface area contributed by atoms with Crippen molar-refractivity contribution in [1.82, 2.24) is 19.9 Å². The number of nitrogens with one attached hydrogen (secondary N) is 2. The molecule has 5 aromatic rings. The Morgan fingerprint density at radius 3 is 2.83 bits per heavy atom. The monoisotopic (exact) mass is 380 g/mol. The van der Waals surface area contributed by atoms with Crippen molar-refractivity contribution in [3.63, 3.8) is 0 Å². The minimum atomic E-state index is 0.760. The van der Waals surface area contributed by atoms with Crippen LogP contribution < -0.4 is 0 Å². The van der Waals surface area contributed by atoms with E-state index < -0.39 is 0 Å². The highest BCUT2D eigenvalue weighted by molar-refractivity contribution is 5.83. The molecule has 0 spiro atoms. The molecule has 0 fully saturated rings. The van der Waals surface area contributed by atoms with Crippen molar-refractivity contribution in [2.24, 2.45) is 0 Å². The molecular weight excluding hydrogens is 356 g/mol. The average molecular weight is 380 g/mol. The molecule has 4 nitrogen and oxygen atoms in total. The molecule has 0 saturated carbocycles. The number of H-pyrrole nitrogens is 2. The molecule has 29 heavy (non-hydrogen) atoms. The molecule has 0 unspecified atom stereocenters. The van der Waals surface area contributed by atoms with Crippen molar-refractivity contribution in [2.45, 2.75) is 32.6 Å². The molecule has 3 heterocycles. The van der Waals surface area contributed by atoms with E-state index in [0.717, 1.165) is 37.2 Å². The van der Waals surface area contributed by atoms with Gasteiger partial charge in [-0.3, -0.25) is 0 Å². The lowest BCUT2D eigenvalue weighted by Gasteiger charge is -2.05. The molecule has 0 radical (unpaired) electrons. The highest BCUT2D eigenvalue weighted by Crippen LogP contribution is 2.20. The van der Waals surface area contributed by atoms with Gasteiger partial charge in [-0.05, 0) is 73.0 Å². The summed E-state index contributed by atoms with van der Waals surface area (Å²) in [5.74, 6) is 0.890. The van der Waals surface area contributed by atoms with Crippen LogP contribution in [0.25, 0.3) is 21.8 Å². The lowest BCUT2D eigenvalue weighted by molar-refractivity contribution is 0.785. The Balaban J connectivity index is 1.25. The molecule has 0 amide bonds. The fourth-order valence-electron chi connectivity index (χ4n) is 4.08. The van der Waals surface area contributed by atoms with E-state index >= 15 is 0 Å². The summed E-state index contributed by atoms with van der Waals surface area (Å²) in [6, 6.07) is 19.2. The molecule has 0 aliphatic rings. The van der Waals surface area contributed by atoms with Crippen LogP contribution in [0.1, 0.15) is 34.8 Å². The van der Waals surface area contributed by atoms with Crippen molar-refractivity contribution in [3.05, 3.63) is 95.3 Å². The molecule has 0 aliphatic heterocycles. The lowest BCUT2D eigenvalue weighted by Crippen LogP contribution is -2.01. The summed E-state index contributed by atoms with van der Waals surface area (Å²) >= 11 is 0. The third kappa shape index (κ3) is 3.79. The van der Waals surface area contributed by atoms with Crippen LogP contribution in [0.3, 0.4) is 0 Å². The Kier molecular flexibility index (Phi) is 4.60. The summed E-state index contributed by atoms with van der Waals surface area (Å²) < 4.78 is 0. The van der Waals surface area contributed by atoms with Gasteiger partial charge in [-0.1, -0.05) is 24.3 Å². The molecule has 144 valence electrons. The van der Waals surface area contributed by atoms with Crippen molar-refractivity contribution in [1.29, 1.82) is 0 Å². The van der Waals surface area contributed by atoms with E-state index in [-0.39, 0.29) is 0 Å². The van der Waals surface area contributed by atoms with Crippen LogP contribution in [0.2, 0.25) is 0 Å². The topological polar surface area (TPSA) is 57.4 Å². The Bertz CT molecular complexity index is 1280. The molecule has 4 heteroatoms. The normalized spacial score (nSPS) is 11.5. The van der Waals surface area contributed by atoms with Crippen LogP contribution in [-0.4, -0.2) is 19.9 Å². The summed E-state index contributed by atoms with van der Waals surface area (Å²) in [7, 11) is 0. The third-order valence-corrected chi connectivity index (χ3v) is 5.50. The Morgan fingerprint density at radius 2 is 1.86 bits per heavy atom. The molecular formula is C25H24N4. The maximum absolute atomic E-state index is 4.81. The molecule has 0 atom stereocenters. The van der Waals surface area contributed by atoms with E-state index in [9.17, 15) is 0 Å². The number of benzene rings is 2. The van der Waals surface area contributed by atoms with Crippen molar-refractivity contribution < 1.29 is 0 Å². The first kappa shape index (κ1) is 17.7. The number of aromatic nitrogens is 4. The fourth-order valence-corrected chi connectivity index (χ4v) is 4.08. The van der Waals surface area contributed by atoms with Gasteiger partial charge in [0, 0.05) is 46.6 Å². The van der Waals surface area contributed by atoms with Crippen molar-refractivity contribution in [2.75, 3.05) is 0 Å². The molecule has 0 saturated heterocycles. The first-order valence-corrected chi connectivity index (χ1v) is 10.2. The minimum absolute atomic E-state index is 0.760. The lowest BCUT2D eigenvalue weighted by atomic mass is 10.1. The number of hydrogen-bond donors (Lipinski definition) is 2. The molecule has 3 aromatic heterocycles. The van der Waals surface area contributed by atoms with Gasteiger partial charge in [0.15, 0.2) is 0 Å². The van der Waals surface area contributed by atoms with Crippen molar-refractivity contribution >= 4 is 21.8 Å². The van der Waals surface area contributed by atoms with Crippen LogP contribution in [-0.2, 0) is 19.3 Å². The van der Waals surface area contributed by atoms with Gasteiger partial charge in [-0.15, -0.1) is 0 Å². The number of aromatic amines is 2. The van der Waals surface area contributed by atoms with Crippen molar-refractivity contribution in [3.8, 4) is 0 Å². The summed E-state index contributed by atoms with van der Waals surface area (Å²) in [5.41, 5.74) is 7.32. The van der Waals surface area contributed by atoms with Gasteiger partial charge < -0.3 is 9.97 Å². The maximum Gasteiger partial charge on any atom is 0.132 e. The first-order chi connectivity index (χ1) is 14.2. The summed E-state index contributed by atoms with van der Waals surface area (Å²) in [4.78, 5) is 16.0. The van der Waals surface area contributed by atoms with E-state index in [1.807, 2.05) is 12.3 Å². The second-order valence-corrected chi connectivity index (χ2v) is 7.73. The number of aryl methyl sites for hydroxylation is 3. The highest BCUT2D eigenvalue weighted by Gasteiger charge is 2.06. The Labute approximate surface area is 170 Å². The molecule has 0 bridgehead atoms. The second-order valence-electron chi connectivity index (χ2n) is 7.73. The molecule has 2 aromatic carbocycles. The van der Waals surface area contributed by atoms with Gasteiger partial charge in [0.1, 0.15) is 5.82 Å². The number of fused-ring (bicyclic) bond motifs is 2. The SMILES string of the molecule is Cc1cc2cc(Cc3nccc(CCCc4c[nH]c5ccccc45)n3)ccc2[nH]1. The van der Waals surface area contributed by atoms with E-state index in [1.54, 1.807) is 0 Å². The van der Waals surface area contributed by atoms with E-state index in [1.165, 1.54) is 38.6 Å². The van der Waals surface area contributed by atoms with Gasteiger partial charge in [0.05, 0.1) is 0 Å². The summed E-state index contributed by atoms with van der Waals surface area (Å²) in [6.45, 7) is 2.09. The van der Waals surface area contributed by atoms with E-state index in [4.69, 9.17) is 4.98 Å². The van der Waals surface area contributed by atoms with Crippen LogP contribution in [0.4, 0.5) is 0 Å². The number of nitrogens with zero attached hydrogens (tertiary/aromatic N) is 2. The largest absolute Gasteiger partial charge is 0.361 e. The van der Waals surface area contributed by atoms with E-state index in [0.29, 0.717) is 0 Å². The van der Waals surface area contributed by atoms with Gasteiger partial charge >= 0.3 is 0 Å². The number of rotatable bonds is 6. The summed E-state index contributed by atoms with van der Waals surface area (Å²) in [6.07, 6.45) is 7.87. The van der Waals surface area contributed by atoms with Crippen LogP contribution in [0.15, 0.2) is 67.0 Å². The quantitative estimate of drug-likeness (QED) is 0.408. The Morgan fingerprint density at radius 1 is 0.931 bits per heavy atom. The zero-order chi connectivity index (χ0) is 19.6. The molecule has 2 N–H and O–H groups in total. The smallest absolute Gasteiger partial charge is 0.132 e. The van der Waals surface area contributed by atoms with Crippen LogP contribution >= 0.6 is 0 Å². The van der Waals surface area contributed by atoms with Gasteiger partial charge in [0.2, 0.25) is 0 Å². The summed E-state index contributed by atoms with van der Waals surface area (Å²) in [5, 5.41) is 2.57. The van der Waals surface area contributed by atoms with Gasteiger partial charge in [0.25, 0.3) is 0 Å². The van der Waals surface area contributed by atoms with Crippen LogP contribution in [0.5, 0.6) is 0 Å². The minimum Gasteiger partial charge on any atom is -0.361 e. The standard InChI is InChI=1S/C25H24N4/c1-17-13-20-14-18(9-10-23(20)28-17)15-25-26-12-11-21(29-25)6-4-5-19-16-27-24-8-3-2-7-22(19)24/h2-3,7-14,16,27-28H,4-6,15H2,1H3. The van der Waals surface area contributed by atoms with Crippen LogP contribution in [0, 0.1) is 6.92 Å². The third-order valence-electron chi connectivity index (χ3n) is 5.50. The predicted octanol–water partition coefficient (Wildman–Crippen LogP) is 5.51. The maximum atomic E-state index is 4.81. The molecule has 0 aliphatic carbocycles. The van der Waals surface area contributed by atoms with E-state index in [2.05, 4.69) is 76.6 Å². The predicted molar refractivity (Wildman–Crippen MR) is 118 cm³/mol. The first-order valence-electron chi connectivity index (χ1n) is 10.2.